The fourth-order valence-corrected chi connectivity index (χ4v) is 1.84. The fraction of sp³-hybridized carbons (Fsp3) is 0.667. The topological polar surface area (TPSA) is 98.0 Å². The monoisotopic (exact) mass is 286 g/mol. The summed E-state index contributed by atoms with van der Waals surface area (Å²) in [6, 6.07) is 0. The molecule has 1 aromatic heterocycles. The van der Waals surface area contributed by atoms with Gasteiger partial charge in [-0.2, -0.15) is 0 Å². The minimum absolute atomic E-state index is 0.277. The van der Waals surface area contributed by atoms with Gasteiger partial charge in [0.15, 0.2) is 9.84 Å². The maximum Gasteiger partial charge on any atom is 0.154 e. The molecule has 0 amide bonds. The zero-order chi connectivity index (χ0) is 14.7. The van der Waals surface area contributed by atoms with E-state index in [1.807, 2.05) is 6.92 Å². The highest BCUT2D eigenvalue weighted by Crippen LogP contribution is 2.21. The summed E-state index contributed by atoms with van der Waals surface area (Å²) < 4.78 is 22.4. The summed E-state index contributed by atoms with van der Waals surface area (Å²) in [5.74, 6) is 1.06. The molecular formula is C12H22N4O2S. The first-order valence-electron chi connectivity index (χ1n) is 6.22. The number of nitrogens with one attached hydrogen (secondary N) is 1. The number of anilines is 2. The number of nitrogen functional groups attached to an aromatic ring is 1. The molecule has 0 saturated carbocycles. The predicted molar refractivity (Wildman–Crippen MR) is 77.9 cm³/mol. The van der Waals surface area contributed by atoms with Crippen molar-refractivity contribution in [3.63, 3.8) is 0 Å². The molecule has 0 unspecified atom stereocenters. The zero-order valence-corrected chi connectivity index (χ0v) is 12.7. The van der Waals surface area contributed by atoms with Crippen LogP contribution in [0.15, 0.2) is 6.33 Å². The Morgan fingerprint density at radius 1 is 1.37 bits per heavy atom. The highest BCUT2D eigenvalue weighted by atomic mass is 32.2. The van der Waals surface area contributed by atoms with Crippen LogP contribution in [0.1, 0.15) is 32.8 Å². The first kappa shape index (κ1) is 15.7. The summed E-state index contributed by atoms with van der Waals surface area (Å²) >= 11 is 0. The van der Waals surface area contributed by atoms with Crippen molar-refractivity contribution in [1.29, 1.82) is 0 Å². The van der Waals surface area contributed by atoms with E-state index in [0.717, 1.165) is 18.4 Å². The lowest BCUT2D eigenvalue weighted by atomic mass is 10.1. The predicted octanol–water partition coefficient (Wildman–Crippen LogP) is 1.25. The van der Waals surface area contributed by atoms with E-state index in [9.17, 15) is 8.42 Å². The normalized spacial score (nSPS) is 12.4. The van der Waals surface area contributed by atoms with Gasteiger partial charge in [0.1, 0.15) is 18.0 Å². The SMILES string of the molecule is CCCc1c(N)ncnc1NCC(C)(C)S(C)(=O)=O. The first-order chi connectivity index (χ1) is 8.69. The molecule has 0 saturated heterocycles. The molecule has 19 heavy (non-hydrogen) atoms. The van der Waals surface area contributed by atoms with E-state index in [1.54, 1.807) is 13.8 Å². The Hall–Kier alpha value is -1.37. The molecule has 0 aliphatic heterocycles. The Labute approximate surface area is 114 Å². The maximum atomic E-state index is 11.7. The second-order valence-corrected chi connectivity index (χ2v) is 7.87. The molecular weight excluding hydrogens is 264 g/mol. The summed E-state index contributed by atoms with van der Waals surface area (Å²) in [5.41, 5.74) is 6.67. The summed E-state index contributed by atoms with van der Waals surface area (Å²) in [6.45, 7) is 5.68. The van der Waals surface area contributed by atoms with Gasteiger partial charge < -0.3 is 11.1 Å². The Balaban J connectivity index is 2.93. The minimum Gasteiger partial charge on any atom is -0.383 e. The second kappa shape index (κ2) is 5.73. The number of nitrogens with two attached hydrogens (primary N) is 1. The molecule has 0 bridgehead atoms. The van der Waals surface area contributed by atoms with Gasteiger partial charge in [0.25, 0.3) is 0 Å². The van der Waals surface area contributed by atoms with Crippen molar-refractivity contribution in [1.82, 2.24) is 9.97 Å². The van der Waals surface area contributed by atoms with Crippen LogP contribution in [0.25, 0.3) is 0 Å². The van der Waals surface area contributed by atoms with Crippen molar-refractivity contribution in [2.75, 3.05) is 23.9 Å². The largest absolute Gasteiger partial charge is 0.383 e. The van der Waals surface area contributed by atoms with Gasteiger partial charge in [0.05, 0.1) is 4.75 Å². The molecule has 0 aromatic carbocycles. The van der Waals surface area contributed by atoms with Crippen molar-refractivity contribution < 1.29 is 8.42 Å². The molecule has 0 aliphatic rings. The van der Waals surface area contributed by atoms with Gasteiger partial charge >= 0.3 is 0 Å². The molecule has 6 nitrogen and oxygen atoms in total. The quantitative estimate of drug-likeness (QED) is 0.816. The van der Waals surface area contributed by atoms with Crippen LogP contribution in [-0.4, -0.2) is 35.9 Å². The zero-order valence-electron chi connectivity index (χ0n) is 11.9. The average molecular weight is 286 g/mol. The number of hydrogen-bond acceptors (Lipinski definition) is 6. The number of rotatable bonds is 6. The van der Waals surface area contributed by atoms with Crippen molar-refractivity contribution >= 4 is 21.5 Å². The van der Waals surface area contributed by atoms with Crippen LogP contribution in [0.2, 0.25) is 0 Å². The third-order valence-electron chi connectivity index (χ3n) is 3.16. The number of sulfone groups is 1. The highest BCUT2D eigenvalue weighted by Gasteiger charge is 2.30. The van der Waals surface area contributed by atoms with Crippen LogP contribution < -0.4 is 11.1 Å². The van der Waals surface area contributed by atoms with Gasteiger partial charge in [-0.1, -0.05) is 13.3 Å². The van der Waals surface area contributed by atoms with Gasteiger partial charge in [-0.3, -0.25) is 0 Å². The van der Waals surface area contributed by atoms with Crippen LogP contribution in [0.4, 0.5) is 11.6 Å². The van der Waals surface area contributed by atoms with Crippen LogP contribution in [-0.2, 0) is 16.3 Å². The summed E-state index contributed by atoms with van der Waals surface area (Å²) in [7, 11) is -3.14. The summed E-state index contributed by atoms with van der Waals surface area (Å²) in [6.07, 6.45) is 4.29. The van der Waals surface area contributed by atoms with E-state index in [0.29, 0.717) is 11.6 Å². The van der Waals surface area contributed by atoms with Crippen LogP contribution in [0.5, 0.6) is 0 Å². The Morgan fingerprint density at radius 2 is 2.00 bits per heavy atom. The first-order valence-corrected chi connectivity index (χ1v) is 8.11. The molecule has 108 valence electrons. The molecule has 0 aliphatic carbocycles. The van der Waals surface area contributed by atoms with E-state index in [4.69, 9.17) is 5.73 Å². The fourth-order valence-electron chi connectivity index (χ4n) is 1.50. The lowest BCUT2D eigenvalue weighted by Gasteiger charge is -2.23. The van der Waals surface area contributed by atoms with Crippen LogP contribution in [0, 0.1) is 0 Å². The summed E-state index contributed by atoms with van der Waals surface area (Å²) in [4.78, 5) is 8.11. The van der Waals surface area contributed by atoms with Crippen LogP contribution >= 0.6 is 0 Å². The smallest absolute Gasteiger partial charge is 0.154 e. The summed E-state index contributed by atoms with van der Waals surface area (Å²) in [5, 5.41) is 3.08. The van der Waals surface area contributed by atoms with E-state index < -0.39 is 14.6 Å². The molecule has 1 rings (SSSR count). The standard InChI is InChI=1S/C12H22N4O2S/c1-5-6-9-10(13)15-8-16-11(9)14-7-12(2,3)19(4,17)18/h8H,5-7H2,1-4H3,(H3,13,14,15,16). The number of nitrogens with zero attached hydrogens (tertiary/aromatic N) is 2. The Bertz CT molecular complexity index is 541. The number of aromatic nitrogens is 2. The van der Waals surface area contributed by atoms with Crippen LogP contribution in [0.3, 0.4) is 0 Å². The van der Waals surface area contributed by atoms with Gasteiger partial charge in [0.2, 0.25) is 0 Å². The lowest BCUT2D eigenvalue weighted by molar-refractivity contribution is 0.559. The Kier molecular flexibility index (Phi) is 4.73. The van der Waals surface area contributed by atoms with Gasteiger partial charge in [0, 0.05) is 18.4 Å². The molecule has 0 fully saturated rings. The molecule has 0 radical (unpaired) electrons. The van der Waals surface area contributed by atoms with Gasteiger partial charge in [-0.15, -0.1) is 0 Å². The number of hydrogen-bond donors (Lipinski definition) is 2. The van der Waals surface area contributed by atoms with E-state index in [-0.39, 0.29) is 6.54 Å². The molecule has 1 aromatic rings. The third kappa shape index (κ3) is 3.79. The average Bonchev–Trinajstić information content (AvgIpc) is 2.28. The molecule has 7 heteroatoms. The third-order valence-corrected chi connectivity index (χ3v) is 5.32. The molecule has 0 atom stereocenters. The lowest BCUT2D eigenvalue weighted by Crippen LogP contribution is -2.38. The minimum atomic E-state index is -3.14. The van der Waals surface area contributed by atoms with Crippen molar-refractivity contribution in [2.45, 2.75) is 38.4 Å². The molecule has 1 heterocycles. The highest BCUT2D eigenvalue weighted by molar-refractivity contribution is 7.92. The van der Waals surface area contributed by atoms with Crippen molar-refractivity contribution in [2.24, 2.45) is 0 Å². The van der Waals surface area contributed by atoms with E-state index >= 15 is 0 Å². The van der Waals surface area contributed by atoms with Crippen molar-refractivity contribution in [3.05, 3.63) is 11.9 Å². The Morgan fingerprint density at radius 3 is 2.53 bits per heavy atom. The van der Waals surface area contributed by atoms with Gasteiger partial charge in [-0.05, 0) is 20.3 Å². The van der Waals surface area contributed by atoms with Crippen molar-refractivity contribution in [3.8, 4) is 0 Å². The van der Waals surface area contributed by atoms with Gasteiger partial charge in [-0.25, -0.2) is 18.4 Å². The molecule has 0 spiro atoms. The molecule has 3 N–H and O–H groups in total. The second-order valence-electron chi connectivity index (χ2n) is 5.22. The van der Waals surface area contributed by atoms with E-state index in [1.165, 1.54) is 12.6 Å². The maximum absolute atomic E-state index is 11.7. The van der Waals surface area contributed by atoms with E-state index in [2.05, 4.69) is 15.3 Å².